The van der Waals surface area contributed by atoms with Gasteiger partial charge in [0.15, 0.2) is 0 Å². The number of unbranched alkanes of at least 4 members (excludes halogenated alkanes) is 24. The van der Waals surface area contributed by atoms with E-state index in [1.54, 1.807) is 0 Å². The summed E-state index contributed by atoms with van der Waals surface area (Å²) in [6.07, 6.45) is 32.9. The summed E-state index contributed by atoms with van der Waals surface area (Å²) in [7, 11) is 0. The van der Waals surface area contributed by atoms with Gasteiger partial charge < -0.3 is 19.9 Å². The van der Waals surface area contributed by atoms with Gasteiger partial charge in [0.25, 0.3) is 0 Å². The fourth-order valence-electron chi connectivity index (χ4n) is 6.84. The van der Waals surface area contributed by atoms with E-state index >= 15 is 0 Å². The van der Waals surface area contributed by atoms with Crippen LogP contribution in [0.5, 0.6) is 0 Å². The molecule has 2 rings (SSSR count). The van der Waals surface area contributed by atoms with Gasteiger partial charge in [0.05, 0.1) is 0 Å². The average Bonchev–Trinajstić information content (AvgIpc) is 3.49. The normalized spacial score (nSPS) is 17.3. The molecule has 0 aliphatic carbocycles. The smallest absolute Gasteiger partial charge is 0.351 e. The number of rotatable bonds is 32. The molecule has 0 radical (unpaired) electrons. The van der Waals surface area contributed by atoms with Crippen LogP contribution < -0.4 is 11.4 Å². The highest BCUT2D eigenvalue weighted by Gasteiger charge is 2.40. The van der Waals surface area contributed by atoms with Crippen molar-refractivity contribution in [1.82, 2.24) is 9.55 Å². The lowest BCUT2D eigenvalue weighted by atomic mass is 10.0. The van der Waals surface area contributed by atoms with Crippen LogP contribution in [0.4, 0.5) is 5.82 Å². The minimum atomic E-state index is -0.686. The van der Waals surface area contributed by atoms with Crippen LogP contribution in [-0.2, 0) is 23.8 Å². The minimum Gasteiger partial charge on any atom is -0.463 e. The molecule has 1 fully saturated rings. The van der Waals surface area contributed by atoms with E-state index in [2.05, 4.69) is 18.8 Å². The molecule has 3 atom stereocenters. The lowest BCUT2D eigenvalue weighted by Gasteiger charge is -2.19. The summed E-state index contributed by atoms with van der Waals surface area (Å²) in [5.74, 6) is -0.430. The Bertz CT molecular complexity index is 1060. The maximum atomic E-state index is 12.8. The van der Waals surface area contributed by atoms with Crippen molar-refractivity contribution in [2.45, 2.75) is 218 Å². The molecule has 1 aliphatic rings. The molecule has 1 aromatic heterocycles. The number of nitrogens with zero attached hydrogens (tertiary/aromatic N) is 2. The lowest BCUT2D eigenvalue weighted by molar-refractivity contribution is -0.158. The Labute approximate surface area is 304 Å². The molecule has 50 heavy (non-hydrogen) atoms. The predicted molar refractivity (Wildman–Crippen MR) is 203 cm³/mol. The molecule has 1 saturated heterocycles. The monoisotopic (exact) mass is 704 g/mol. The van der Waals surface area contributed by atoms with Crippen molar-refractivity contribution in [3.63, 3.8) is 0 Å². The van der Waals surface area contributed by atoms with Crippen molar-refractivity contribution in [2.75, 3.05) is 12.3 Å². The molecule has 0 bridgehead atoms. The molecule has 9 nitrogen and oxygen atoms in total. The Morgan fingerprint density at radius 3 is 1.56 bits per heavy atom. The molecule has 0 saturated carbocycles. The van der Waals surface area contributed by atoms with Crippen LogP contribution in [0.1, 0.15) is 206 Å². The van der Waals surface area contributed by atoms with Gasteiger partial charge in [0, 0.05) is 25.5 Å². The maximum Gasteiger partial charge on any atom is 0.351 e. The molecule has 1 aromatic rings. The number of carbonyl (C=O) groups is 2. The van der Waals surface area contributed by atoms with Crippen LogP contribution in [0.3, 0.4) is 0 Å². The number of ether oxygens (including phenoxy) is 3. The first-order valence-corrected chi connectivity index (χ1v) is 20.8. The predicted octanol–water partition coefficient (Wildman–Crippen LogP) is 10.5. The number of carbonyl (C=O) groups excluding carboxylic acids is 2. The SMILES string of the molecule is CCCCCCCCCCCCCCCC(=O)OC[C@H]1O[C@@H](n2ccc(N)nc2=O)CC1OC(=O)CCCCCCCCCCCCCCC. The topological polar surface area (TPSA) is 123 Å². The molecule has 288 valence electrons. The zero-order valence-electron chi connectivity index (χ0n) is 32.0. The highest BCUT2D eigenvalue weighted by molar-refractivity contribution is 5.70. The van der Waals surface area contributed by atoms with Crippen molar-refractivity contribution in [3.05, 3.63) is 22.7 Å². The third kappa shape index (κ3) is 21.1. The fourth-order valence-corrected chi connectivity index (χ4v) is 6.84. The van der Waals surface area contributed by atoms with E-state index in [1.807, 2.05) is 0 Å². The Kier molecular flexibility index (Phi) is 25.5. The molecule has 0 amide bonds. The molecule has 9 heteroatoms. The maximum absolute atomic E-state index is 12.8. The summed E-state index contributed by atoms with van der Waals surface area (Å²) in [5, 5.41) is 0. The number of nitrogen functional groups attached to an aromatic ring is 1. The van der Waals surface area contributed by atoms with Gasteiger partial charge in [-0.15, -0.1) is 0 Å². The first-order chi connectivity index (χ1) is 24.4. The van der Waals surface area contributed by atoms with Gasteiger partial charge in [0.2, 0.25) is 0 Å². The first kappa shape index (κ1) is 43.7. The van der Waals surface area contributed by atoms with Crippen LogP contribution in [0.15, 0.2) is 17.1 Å². The quantitative estimate of drug-likeness (QED) is 0.0581. The van der Waals surface area contributed by atoms with Crippen LogP contribution >= 0.6 is 0 Å². The lowest BCUT2D eigenvalue weighted by Crippen LogP contribution is -2.32. The van der Waals surface area contributed by atoms with E-state index < -0.39 is 24.1 Å². The van der Waals surface area contributed by atoms with E-state index in [1.165, 1.54) is 145 Å². The van der Waals surface area contributed by atoms with Gasteiger partial charge in [0.1, 0.15) is 30.9 Å². The highest BCUT2D eigenvalue weighted by Crippen LogP contribution is 2.31. The first-order valence-electron chi connectivity index (χ1n) is 20.8. The summed E-state index contributed by atoms with van der Waals surface area (Å²) in [6.45, 7) is 4.49. The van der Waals surface area contributed by atoms with Crippen molar-refractivity contribution in [1.29, 1.82) is 0 Å². The Morgan fingerprint density at radius 2 is 1.12 bits per heavy atom. The number of hydrogen-bond donors (Lipinski definition) is 1. The number of anilines is 1. The van der Waals surface area contributed by atoms with Crippen LogP contribution in [0.25, 0.3) is 0 Å². The third-order valence-electron chi connectivity index (χ3n) is 10.0. The van der Waals surface area contributed by atoms with Gasteiger partial charge >= 0.3 is 17.6 Å². The van der Waals surface area contributed by atoms with Crippen molar-refractivity contribution < 1.29 is 23.8 Å². The zero-order chi connectivity index (χ0) is 36.1. The molecule has 2 N–H and O–H groups in total. The second-order valence-corrected chi connectivity index (χ2v) is 14.6. The number of esters is 2. The van der Waals surface area contributed by atoms with E-state index in [4.69, 9.17) is 19.9 Å². The summed E-state index contributed by atoms with van der Waals surface area (Å²) in [4.78, 5) is 41.6. The largest absolute Gasteiger partial charge is 0.463 e. The van der Waals surface area contributed by atoms with E-state index in [9.17, 15) is 14.4 Å². The van der Waals surface area contributed by atoms with Gasteiger partial charge in [-0.1, -0.05) is 168 Å². The van der Waals surface area contributed by atoms with Gasteiger partial charge in [-0.3, -0.25) is 14.2 Å². The summed E-state index contributed by atoms with van der Waals surface area (Å²) in [6, 6.07) is 1.53. The summed E-state index contributed by atoms with van der Waals surface area (Å²) in [5.41, 5.74) is 5.13. The molecule has 1 aliphatic heterocycles. The summed E-state index contributed by atoms with van der Waals surface area (Å²) < 4.78 is 18.9. The molecule has 0 aromatic carbocycles. The van der Waals surface area contributed by atoms with Crippen molar-refractivity contribution in [2.24, 2.45) is 0 Å². The van der Waals surface area contributed by atoms with Gasteiger partial charge in [-0.05, 0) is 18.9 Å². The number of nitrogens with two attached hydrogens (primary N) is 1. The number of aromatic nitrogens is 2. The Balaban J connectivity index is 1.64. The molecule has 2 heterocycles. The highest BCUT2D eigenvalue weighted by atomic mass is 16.6. The Hall–Kier alpha value is -2.42. The fraction of sp³-hybridized carbons (Fsp3) is 0.854. The van der Waals surface area contributed by atoms with Crippen LogP contribution in [0, 0.1) is 0 Å². The number of hydrogen-bond acceptors (Lipinski definition) is 8. The zero-order valence-corrected chi connectivity index (χ0v) is 32.0. The van der Waals surface area contributed by atoms with E-state index in [0.29, 0.717) is 12.8 Å². The standard InChI is InChI=1S/C41H73N3O6/c1-3-5-7-9-11-13-15-17-19-21-23-25-27-29-39(45)48-34-36-35(33-38(49-36)44-32-31-37(42)43-41(44)47)50-40(46)30-28-26-24-22-20-18-16-14-12-10-8-6-4-2/h31-32,35-36,38H,3-30,33-34H2,1-2H3,(H2,42,43,47)/t35?,36-,38-/m1/s1. The Morgan fingerprint density at radius 1 is 0.700 bits per heavy atom. The molecule has 1 unspecified atom stereocenters. The van der Waals surface area contributed by atoms with E-state index in [0.717, 1.165) is 38.5 Å². The molecular weight excluding hydrogens is 630 g/mol. The van der Waals surface area contributed by atoms with Crippen molar-refractivity contribution in [3.8, 4) is 0 Å². The molecule has 0 spiro atoms. The third-order valence-corrected chi connectivity index (χ3v) is 10.0. The summed E-state index contributed by atoms with van der Waals surface area (Å²) >= 11 is 0. The van der Waals surface area contributed by atoms with Crippen LogP contribution in [-0.4, -0.2) is 40.3 Å². The van der Waals surface area contributed by atoms with Crippen LogP contribution in [0.2, 0.25) is 0 Å². The van der Waals surface area contributed by atoms with E-state index in [-0.39, 0.29) is 30.8 Å². The van der Waals surface area contributed by atoms with Gasteiger partial charge in [-0.2, -0.15) is 4.98 Å². The van der Waals surface area contributed by atoms with Crippen molar-refractivity contribution >= 4 is 17.8 Å². The second kappa shape index (κ2) is 29.2. The van der Waals surface area contributed by atoms with Gasteiger partial charge in [-0.25, -0.2) is 4.79 Å². The molecular formula is C41H73N3O6. The second-order valence-electron chi connectivity index (χ2n) is 14.6. The average molecular weight is 704 g/mol. The minimum absolute atomic E-state index is 0.0262.